The number of carboxylic acids is 1. The van der Waals surface area contributed by atoms with Crippen molar-refractivity contribution >= 4 is 47.0 Å². The smallest absolute Gasteiger partial charge is 0.307 e. The second kappa shape index (κ2) is 19.7. The van der Waals surface area contributed by atoms with Crippen LogP contribution in [-0.2, 0) is 27.2 Å². The second-order valence-electron chi connectivity index (χ2n) is 11.3. The Labute approximate surface area is 301 Å². The molecule has 0 saturated heterocycles. The third-order valence-electron chi connectivity index (χ3n) is 7.34. The number of carboxylic acid groups (broad SMARTS) is 1. The van der Waals surface area contributed by atoms with Crippen LogP contribution in [0.2, 0.25) is 0 Å². The van der Waals surface area contributed by atoms with Crippen LogP contribution in [0.15, 0.2) is 109 Å². The normalized spacial score (nSPS) is 10.6. The number of nitrogens with one attached hydrogen (secondary N) is 5. The van der Waals surface area contributed by atoms with Crippen molar-refractivity contribution < 1.29 is 29.0 Å². The fourth-order valence-electron chi connectivity index (χ4n) is 4.83. The Morgan fingerprint density at radius 1 is 0.558 bits per heavy atom. The van der Waals surface area contributed by atoms with E-state index >= 15 is 0 Å². The van der Waals surface area contributed by atoms with Crippen molar-refractivity contribution in [3.05, 3.63) is 131 Å². The van der Waals surface area contributed by atoms with E-state index < -0.39 is 5.97 Å². The number of ether oxygens (including phenoxy) is 2. The summed E-state index contributed by atoms with van der Waals surface area (Å²) in [4.78, 5) is 49.5. The molecule has 6 N–H and O–H groups in total. The zero-order valence-electron chi connectivity index (χ0n) is 28.4. The molecule has 0 atom stereocenters. The van der Waals surface area contributed by atoms with Crippen molar-refractivity contribution in [2.24, 2.45) is 0 Å². The minimum absolute atomic E-state index is 0.123. The van der Waals surface area contributed by atoms with Gasteiger partial charge in [0.05, 0.1) is 32.8 Å². The van der Waals surface area contributed by atoms with Gasteiger partial charge in [0, 0.05) is 42.1 Å². The third-order valence-corrected chi connectivity index (χ3v) is 7.34. The molecule has 5 aromatic rings. The molecule has 0 unspecified atom stereocenters. The minimum Gasteiger partial charge on any atom is -0.481 e. The topological polar surface area (TPSA) is 189 Å². The molecule has 0 aliphatic carbocycles. The number of nitrogens with zero attached hydrogens (tertiary/aromatic N) is 3. The number of anilines is 5. The highest BCUT2D eigenvalue weighted by Crippen LogP contribution is 2.20. The molecule has 268 valence electrons. The van der Waals surface area contributed by atoms with Crippen molar-refractivity contribution in [1.29, 1.82) is 0 Å². The average Bonchev–Trinajstić information content (AvgIpc) is 3.15. The minimum atomic E-state index is -0.934. The van der Waals surface area contributed by atoms with Crippen LogP contribution >= 0.6 is 0 Å². The zero-order valence-corrected chi connectivity index (χ0v) is 28.4. The molecule has 0 saturated carbocycles. The summed E-state index contributed by atoms with van der Waals surface area (Å²) in [7, 11) is 0. The average molecular weight is 705 g/mol. The first-order chi connectivity index (χ1) is 25.4. The van der Waals surface area contributed by atoms with E-state index in [0.717, 1.165) is 5.56 Å². The van der Waals surface area contributed by atoms with Gasteiger partial charge in [-0.15, -0.1) is 0 Å². The van der Waals surface area contributed by atoms with E-state index in [0.29, 0.717) is 74.1 Å². The highest BCUT2D eigenvalue weighted by Gasteiger charge is 2.11. The molecule has 5 rings (SSSR count). The molecule has 14 heteroatoms. The molecule has 0 aliphatic heterocycles. The number of carbonyl (C=O) groups is 3. The molecule has 1 heterocycles. The maximum atomic E-state index is 12.7. The van der Waals surface area contributed by atoms with Gasteiger partial charge in [0.25, 0.3) is 11.8 Å². The first-order valence-electron chi connectivity index (χ1n) is 16.7. The van der Waals surface area contributed by atoms with Gasteiger partial charge in [-0.1, -0.05) is 60.7 Å². The van der Waals surface area contributed by atoms with Crippen LogP contribution in [0.5, 0.6) is 0 Å². The lowest BCUT2D eigenvalue weighted by atomic mass is 10.1. The highest BCUT2D eigenvalue weighted by atomic mass is 16.5. The van der Waals surface area contributed by atoms with Crippen LogP contribution in [0.1, 0.15) is 31.8 Å². The van der Waals surface area contributed by atoms with E-state index in [1.54, 1.807) is 60.7 Å². The van der Waals surface area contributed by atoms with Gasteiger partial charge in [-0.05, 0) is 59.7 Å². The fraction of sp³-hybridized carbons (Fsp3) is 0.211. The van der Waals surface area contributed by atoms with E-state index in [2.05, 4.69) is 41.5 Å². The highest BCUT2D eigenvalue weighted by molar-refractivity contribution is 5.94. The van der Waals surface area contributed by atoms with Gasteiger partial charge in [-0.25, -0.2) is 0 Å². The number of amides is 2. The summed E-state index contributed by atoms with van der Waals surface area (Å²) < 4.78 is 11.2. The molecule has 2 amide bonds. The lowest BCUT2D eigenvalue weighted by Gasteiger charge is -2.12. The molecular formula is C38H40N8O6. The number of hydrogen-bond donors (Lipinski definition) is 6. The number of hydrogen-bond acceptors (Lipinski definition) is 11. The lowest BCUT2D eigenvalue weighted by molar-refractivity contribution is -0.136. The van der Waals surface area contributed by atoms with Crippen LogP contribution in [0.25, 0.3) is 0 Å². The van der Waals surface area contributed by atoms with E-state index in [-0.39, 0.29) is 36.1 Å². The third kappa shape index (κ3) is 12.5. The summed E-state index contributed by atoms with van der Waals surface area (Å²) in [6.45, 7) is 2.62. The maximum absolute atomic E-state index is 12.7. The van der Waals surface area contributed by atoms with E-state index in [1.807, 2.05) is 48.5 Å². The quantitative estimate of drug-likeness (QED) is 0.0609. The zero-order chi connectivity index (χ0) is 36.4. The Kier molecular flexibility index (Phi) is 14.0. The second-order valence-corrected chi connectivity index (χ2v) is 11.3. The molecule has 52 heavy (non-hydrogen) atoms. The summed E-state index contributed by atoms with van der Waals surface area (Å²) in [5, 5.41) is 24.3. The molecule has 0 radical (unpaired) electrons. The number of rotatable bonds is 20. The Hall–Kier alpha value is -6.38. The molecule has 0 bridgehead atoms. The van der Waals surface area contributed by atoms with Gasteiger partial charge in [0.15, 0.2) is 0 Å². The number of aromatic nitrogens is 3. The van der Waals surface area contributed by atoms with E-state index in [4.69, 9.17) is 9.47 Å². The summed E-state index contributed by atoms with van der Waals surface area (Å²) in [5.41, 5.74) is 3.98. The van der Waals surface area contributed by atoms with Gasteiger partial charge in [0.1, 0.15) is 0 Å². The van der Waals surface area contributed by atoms with Crippen molar-refractivity contribution in [2.45, 2.75) is 13.0 Å². The fourth-order valence-corrected chi connectivity index (χ4v) is 4.83. The Bertz CT molecular complexity index is 1900. The molecule has 4 aromatic carbocycles. The Morgan fingerprint density at radius 3 is 1.83 bits per heavy atom. The monoisotopic (exact) mass is 704 g/mol. The largest absolute Gasteiger partial charge is 0.481 e. The van der Waals surface area contributed by atoms with Gasteiger partial charge in [0.2, 0.25) is 17.8 Å². The van der Waals surface area contributed by atoms with Crippen LogP contribution in [-0.4, -0.2) is 77.4 Å². The molecule has 0 aliphatic rings. The van der Waals surface area contributed by atoms with Crippen LogP contribution < -0.4 is 26.6 Å². The first kappa shape index (κ1) is 36.9. The van der Waals surface area contributed by atoms with Gasteiger partial charge in [-0.2, -0.15) is 15.0 Å². The number of benzene rings is 4. The van der Waals surface area contributed by atoms with Crippen molar-refractivity contribution in [3.8, 4) is 0 Å². The Balaban J connectivity index is 1.13. The van der Waals surface area contributed by atoms with E-state index in [9.17, 15) is 19.5 Å². The van der Waals surface area contributed by atoms with Crippen LogP contribution in [0.3, 0.4) is 0 Å². The van der Waals surface area contributed by atoms with Gasteiger partial charge < -0.3 is 41.2 Å². The van der Waals surface area contributed by atoms with Gasteiger partial charge in [-0.3, -0.25) is 14.4 Å². The van der Waals surface area contributed by atoms with E-state index in [1.165, 1.54) is 0 Å². The van der Waals surface area contributed by atoms with Gasteiger partial charge >= 0.3 is 5.97 Å². The summed E-state index contributed by atoms with van der Waals surface area (Å²) >= 11 is 0. The van der Waals surface area contributed by atoms with Crippen molar-refractivity contribution in [3.63, 3.8) is 0 Å². The standard InChI is InChI=1S/C38H40N8O6/c47-33(48)25-28-10-7-13-32(24-28)43-38-45-36(40-19-21-52-23-22-51-20-18-39-34(49)29-11-5-2-6-12-29)44-37(46-38)42-31-16-14-30(15-17-31)35(50)41-26-27-8-3-1-4-9-27/h1-17,24H,18-23,25-26H2,(H,39,49)(H,41,50)(H,47,48)(H3,40,42,43,44,45,46). The van der Waals surface area contributed by atoms with Crippen LogP contribution in [0, 0.1) is 0 Å². The summed E-state index contributed by atoms with van der Waals surface area (Å²) in [6.07, 6.45) is -0.123. The molecule has 0 fully saturated rings. The lowest BCUT2D eigenvalue weighted by Crippen LogP contribution is -2.27. The predicted molar refractivity (Wildman–Crippen MR) is 197 cm³/mol. The molecule has 1 aromatic heterocycles. The Morgan fingerprint density at radius 2 is 1.13 bits per heavy atom. The van der Waals surface area contributed by atoms with Crippen LogP contribution in [0.4, 0.5) is 29.2 Å². The molecular weight excluding hydrogens is 664 g/mol. The summed E-state index contributed by atoms with van der Waals surface area (Å²) in [5.74, 6) is -0.552. The summed E-state index contributed by atoms with van der Waals surface area (Å²) in [6, 6.07) is 32.6. The van der Waals surface area contributed by atoms with Crippen molar-refractivity contribution in [2.75, 3.05) is 55.5 Å². The predicted octanol–water partition coefficient (Wildman–Crippen LogP) is 4.79. The first-order valence-corrected chi connectivity index (χ1v) is 16.7. The SMILES string of the molecule is O=C(O)Cc1cccc(Nc2nc(NCCOCCOCCNC(=O)c3ccccc3)nc(Nc3ccc(C(=O)NCc4ccccc4)cc3)n2)c1. The maximum Gasteiger partial charge on any atom is 0.307 e. The van der Waals surface area contributed by atoms with Crippen molar-refractivity contribution in [1.82, 2.24) is 25.6 Å². The molecule has 0 spiro atoms. The number of carbonyl (C=O) groups excluding carboxylic acids is 2. The molecule has 14 nitrogen and oxygen atoms in total. The number of aliphatic carboxylic acids is 1.